The molecule has 40 heavy (non-hydrogen) atoms. The lowest BCUT2D eigenvalue weighted by molar-refractivity contribution is -0.193. The lowest BCUT2D eigenvalue weighted by Gasteiger charge is -2.24. The zero-order valence-electron chi connectivity index (χ0n) is 21.9. The molecule has 2 rings (SSSR count). The normalized spacial score (nSPS) is 16.6. The zero-order valence-corrected chi connectivity index (χ0v) is 22.7. The van der Waals surface area contributed by atoms with Crippen LogP contribution in [0.15, 0.2) is 17.8 Å². The number of hydrogen-bond donors (Lipinski definition) is 4. The van der Waals surface area contributed by atoms with Crippen LogP contribution >= 0.6 is 11.8 Å². The Bertz CT molecular complexity index is 1010. The van der Waals surface area contributed by atoms with Crippen molar-refractivity contribution in [1.29, 1.82) is 0 Å². The van der Waals surface area contributed by atoms with E-state index in [1.807, 2.05) is 39.1 Å². The van der Waals surface area contributed by atoms with Gasteiger partial charge >= 0.3 is 30.4 Å². The fourth-order valence-corrected chi connectivity index (χ4v) is 3.54. The molecule has 1 saturated heterocycles. The summed E-state index contributed by atoms with van der Waals surface area (Å²) in [7, 11) is 0. The molecule has 0 bridgehead atoms. The van der Waals surface area contributed by atoms with E-state index in [0.717, 1.165) is 25.2 Å². The highest BCUT2D eigenvalue weighted by Gasteiger charge is 2.38. The van der Waals surface area contributed by atoms with Crippen LogP contribution in [0.4, 0.5) is 31.1 Å². The maximum atomic E-state index is 11.6. The number of ether oxygens (including phenoxy) is 1. The van der Waals surface area contributed by atoms with Gasteiger partial charge in [0.15, 0.2) is 5.12 Å². The third-order valence-corrected chi connectivity index (χ3v) is 5.28. The second kappa shape index (κ2) is 16.1. The summed E-state index contributed by atoms with van der Waals surface area (Å²) < 4.78 is 70.5. The van der Waals surface area contributed by atoms with Crippen LogP contribution in [0.5, 0.6) is 0 Å². The van der Waals surface area contributed by atoms with Gasteiger partial charge in [-0.05, 0) is 51.5 Å². The van der Waals surface area contributed by atoms with E-state index in [4.69, 9.17) is 24.5 Å². The minimum absolute atomic E-state index is 0.140. The number of amides is 1. The van der Waals surface area contributed by atoms with Gasteiger partial charge in [-0.2, -0.15) is 31.4 Å². The molecule has 0 spiro atoms. The Morgan fingerprint density at radius 1 is 1.12 bits per heavy atom. The molecule has 11 nitrogen and oxygen atoms in total. The average molecular weight is 609 g/mol. The molecule has 1 amide bonds. The lowest BCUT2D eigenvalue weighted by atomic mass is 10.0. The number of halogens is 6. The largest absolute Gasteiger partial charge is 0.490 e. The molecule has 18 heteroatoms. The van der Waals surface area contributed by atoms with Gasteiger partial charge in [0, 0.05) is 31.5 Å². The number of nitrogens with one attached hydrogen (secondary N) is 2. The van der Waals surface area contributed by atoms with Gasteiger partial charge in [-0.25, -0.2) is 14.4 Å². The van der Waals surface area contributed by atoms with E-state index in [0.29, 0.717) is 13.1 Å². The Morgan fingerprint density at radius 3 is 2.10 bits per heavy atom. The van der Waals surface area contributed by atoms with Crippen LogP contribution in [-0.2, 0) is 25.7 Å². The molecule has 0 radical (unpaired) electrons. The molecule has 2 heterocycles. The van der Waals surface area contributed by atoms with E-state index in [1.165, 1.54) is 17.3 Å². The van der Waals surface area contributed by atoms with Gasteiger partial charge in [-0.3, -0.25) is 9.48 Å². The summed E-state index contributed by atoms with van der Waals surface area (Å²) in [6.07, 6.45) is -5.72. The average Bonchev–Trinajstić information content (AvgIpc) is 3.20. The van der Waals surface area contributed by atoms with Crippen molar-refractivity contribution in [3.8, 4) is 0 Å². The van der Waals surface area contributed by atoms with Gasteiger partial charge < -0.3 is 25.6 Å². The highest BCUT2D eigenvalue weighted by Crippen LogP contribution is 2.26. The van der Waals surface area contributed by atoms with E-state index >= 15 is 0 Å². The maximum Gasteiger partial charge on any atom is 0.490 e. The van der Waals surface area contributed by atoms with E-state index in [1.54, 1.807) is 11.6 Å². The summed E-state index contributed by atoms with van der Waals surface area (Å²) in [4.78, 5) is 40.8. The van der Waals surface area contributed by atoms with Crippen molar-refractivity contribution in [1.82, 2.24) is 20.4 Å². The number of carbonyl (C=O) groups excluding carboxylic acids is 2. The third kappa shape index (κ3) is 17.3. The Kier molecular flexibility index (Phi) is 14.8. The van der Waals surface area contributed by atoms with Crippen molar-refractivity contribution in [2.75, 3.05) is 19.6 Å². The van der Waals surface area contributed by atoms with Gasteiger partial charge in [0.25, 0.3) is 0 Å². The van der Waals surface area contributed by atoms with E-state index in [9.17, 15) is 35.9 Å². The summed E-state index contributed by atoms with van der Waals surface area (Å²) in [6, 6.07) is 1.94. The van der Waals surface area contributed by atoms with Gasteiger partial charge in [0.05, 0.1) is 12.2 Å². The topological polar surface area (TPSA) is 160 Å². The molecular weight excluding hydrogens is 578 g/mol. The molecule has 1 fully saturated rings. The quantitative estimate of drug-likeness (QED) is 0.363. The second-order valence-electron chi connectivity index (χ2n) is 8.82. The van der Waals surface area contributed by atoms with Crippen molar-refractivity contribution < 1.29 is 60.5 Å². The standard InChI is InChI=1S/C18H28N4O3S.2C2HF3O2/c1-13(23)26-16-5-7-19-12-14(16)11-15-6-9-22(21-15)10-8-20-17(24)25-18(2,3)4;2*3-2(4,5)1(6)7/h6,9,11,16,19H,5,7-8,10,12H2,1-4H3,(H,20,24);2*(H,6,7)/b14-11+;;. The number of carboxylic acid groups (broad SMARTS) is 2. The number of rotatable bonds is 5. The predicted octanol–water partition coefficient (Wildman–Crippen LogP) is 3.70. The van der Waals surface area contributed by atoms with Crippen molar-refractivity contribution in [2.45, 2.75) is 63.9 Å². The van der Waals surface area contributed by atoms with Gasteiger partial charge in [0.2, 0.25) is 0 Å². The number of piperidine rings is 1. The number of alkyl carbamates (subject to hydrolysis) is 1. The Morgan fingerprint density at radius 2 is 1.65 bits per heavy atom. The summed E-state index contributed by atoms with van der Waals surface area (Å²) in [5.41, 5.74) is 1.54. The highest BCUT2D eigenvalue weighted by molar-refractivity contribution is 8.14. The SMILES string of the molecule is CC(=O)SC1CCNC/C1=C\c1ccn(CCNC(=O)OC(C)(C)C)n1.O=C(O)C(F)(F)F.O=C(O)C(F)(F)F. The van der Waals surface area contributed by atoms with Crippen LogP contribution in [0.2, 0.25) is 0 Å². The number of aliphatic carboxylic acids is 2. The number of carboxylic acids is 2. The molecule has 4 N–H and O–H groups in total. The van der Waals surface area contributed by atoms with Crippen molar-refractivity contribution in [2.24, 2.45) is 0 Å². The number of hydrogen-bond acceptors (Lipinski definition) is 8. The van der Waals surface area contributed by atoms with Crippen LogP contribution in [0.25, 0.3) is 6.08 Å². The first-order chi connectivity index (χ1) is 18.1. The van der Waals surface area contributed by atoms with Crippen LogP contribution in [0, 0.1) is 0 Å². The molecule has 228 valence electrons. The molecule has 1 aliphatic heterocycles. The van der Waals surface area contributed by atoms with E-state index < -0.39 is 36.0 Å². The van der Waals surface area contributed by atoms with Crippen molar-refractivity contribution >= 4 is 41.0 Å². The lowest BCUT2D eigenvalue weighted by Crippen LogP contribution is -2.34. The van der Waals surface area contributed by atoms with Crippen LogP contribution in [0.3, 0.4) is 0 Å². The monoisotopic (exact) mass is 608 g/mol. The third-order valence-electron chi connectivity index (χ3n) is 4.12. The first-order valence-electron chi connectivity index (χ1n) is 11.3. The van der Waals surface area contributed by atoms with Gasteiger partial charge in [-0.1, -0.05) is 11.8 Å². The maximum absolute atomic E-state index is 11.6. The zero-order chi connectivity index (χ0) is 31.3. The van der Waals surface area contributed by atoms with Crippen molar-refractivity contribution in [3.63, 3.8) is 0 Å². The fourth-order valence-electron chi connectivity index (χ4n) is 2.60. The smallest absolute Gasteiger partial charge is 0.475 e. The molecule has 0 aromatic carbocycles. The highest BCUT2D eigenvalue weighted by atomic mass is 32.2. The Hall–Kier alpha value is -3.28. The Labute approximate surface area is 229 Å². The Balaban J connectivity index is 0.000000894. The fraction of sp³-hybridized carbons (Fsp3) is 0.591. The second-order valence-corrected chi connectivity index (χ2v) is 10.2. The van der Waals surface area contributed by atoms with Crippen LogP contribution in [0.1, 0.15) is 39.8 Å². The van der Waals surface area contributed by atoms with Gasteiger partial charge in [-0.15, -0.1) is 0 Å². The number of aromatic nitrogens is 2. The number of thioether (sulfide) groups is 1. The molecule has 0 aliphatic carbocycles. The molecule has 0 saturated carbocycles. The molecular formula is C22H30F6N4O7S. The summed E-state index contributed by atoms with van der Waals surface area (Å²) in [5.74, 6) is -5.51. The van der Waals surface area contributed by atoms with E-state index in [2.05, 4.69) is 15.7 Å². The number of nitrogens with zero attached hydrogens (tertiary/aromatic N) is 2. The number of alkyl halides is 6. The number of carbonyl (C=O) groups is 4. The van der Waals surface area contributed by atoms with Crippen LogP contribution in [-0.4, -0.2) is 86.0 Å². The first kappa shape index (κ1) is 36.7. The molecule has 1 atom stereocenters. The minimum Gasteiger partial charge on any atom is -0.475 e. The summed E-state index contributed by atoms with van der Waals surface area (Å²) in [5, 5.41) is 25.2. The predicted molar refractivity (Wildman–Crippen MR) is 131 cm³/mol. The van der Waals surface area contributed by atoms with Crippen LogP contribution < -0.4 is 10.6 Å². The summed E-state index contributed by atoms with van der Waals surface area (Å²) in [6.45, 7) is 9.80. The van der Waals surface area contributed by atoms with E-state index in [-0.39, 0.29) is 10.4 Å². The minimum atomic E-state index is -5.08. The molecule has 1 aliphatic rings. The molecule has 1 aromatic rings. The van der Waals surface area contributed by atoms with Crippen molar-refractivity contribution in [3.05, 3.63) is 23.5 Å². The first-order valence-corrected chi connectivity index (χ1v) is 12.2. The summed E-state index contributed by atoms with van der Waals surface area (Å²) >= 11 is 1.39. The molecule has 1 unspecified atom stereocenters. The molecule has 1 aromatic heterocycles. The van der Waals surface area contributed by atoms with Gasteiger partial charge in [0.1, 0.15) is 5.60 Å².